The fourth-order valence-electron chi connectivity index (χ4n) is 0.680. The van der Waals surface area contributed by atoms with Gasteiger partial charge < -0.3 is 5.32 Å². The van der Waals surface area contributed by atoms with Crippen molar-refractivity contribution in [1.82, 2.24) is 5.32 Å². The fourth-order valence-corrected chi connectivity index (χ4v) is 0.938. The van der Waals surface area contributed by atoms with Gasteiger partial charge in [-0.15, -0.1) is 12.6 Å². The van der Waals surface area contributed by atoms with Gasteiger partial charge in [-0.25, -0.2) is 0 Å². The molecular formula is C6H13NOS. The first kappa shape index (κ1) is 8.98. The lowest BCUT2D eigenvalue weighted by Gasteiger charge is -2.08. The largest absolute Gasteiger partial charge is 0.310 e. The van der Waals surface area contributed by atoms with Gasteiger partial charge in [-0.1, -0.05) is 13.3 Å². The van der Waals surface area contributed by atoms with E-state index < -0.39 is 0 Å². The van der Waals surface area contributed by atoms with Gasteiger partial charge in [0.2, 0.25) is 5.12 Å². The number of likely N-dealkylation sites (N-methyl/N-ethyl adjacent to an activating group) is 1. The molecule has 0 saturated heterocycles. The van der Waals surface area contributed by atoms with Gasteiger partial charge in [0.05, 0.1) is 6.04 Å². The quantitative estimate of drug-likeness (QED) is 0.577. The second kappa shape index (κ2) is 4.82. The van der Waals surface area contributed by atoms with Crippen molar-refractivity contribution in [3.8, 4) is 0 Å². The van der Waals surface area contributed by atoms with Gasteiger partial charge in [-0.05, 0) is 13.5 Å². The zero-order valence-electron chi connectivity index (χ0n) is 5.85. The molecule has 9 heavy (non-hydrogen) atoms. The topological polar surface area (TPSA) is 29.1 Å². The van der Waals surface area contributed by atoms with E-state index in [1.54, 1.807) is 7.05 Å². The average molecular weight is 147 g/mol. The molecule has 1 atom stereocenters. The minimum Gasteiger partial charge on any atom is -0.310 e. The first-order valence-corrected chi connectivity index (χ1v) is 3.57. The van der Waals surface area contributed by atoms with Crippen LogP contribution >= 0.6 is 12.6 Å². The molecule has 0 radical (unpaired) electrons. The van der Waals surface area contributed by atoms with Gasteiger partial charge in [0.25, 0.3) is 0 Å². The lowest BCUT2D eigenvalue weighted by Crippen LogP contribution is -2.30. The van der Waals surface area contributed by atoms with Gasteiger partial charge in [-0.2, -0.15) is 0 Å². The summed E-state index contributed by atoms with van der Waals surface area (Å²) in [5.41, 5.74) is 0. The normalized spacial score (nSPS) is 13.2. The highest BCUT2D eigenvalue weighted by Gasteiger charge is 2.09. The monoisotopic (exact) mass is 147 g/mol. The van der Waals surface area contributed by atoms with Crippen molar-refractivity contribution in [3.05, 3.63) is 0 Å². The number of carbonyl (C=O) groups is 1. The van der Waals surface area contributed by atoms with Crippen LogP contribution in [0.25, 0.3) is 0 Å². The molecule has 3 heteroatoms. The Balaban J connectivity index is 3.54. The van der Waals surface area contributed by atoms with Crippen LogP contribution in [0.4, 0.5) is 0 Å². The van der Waals surface area contributed by atoms with Crippen molar-refractivity contribution in [3.63, 3.8) is 0 Å². The first-order chi connectivity index (χ1) is 4.22. The van der Waals surface area contributed by atoms with Crippen LogP contribution in [-0.2, 0) is 4.79 Å². The molecule has 0 aromatic heterocycles. The highest BCUT2D eigenvalue weighted by atomic mass is 32.1. The summed E-state index contributed by atoms with van der Waals surface area (Å²) < 4.78 is 0. The molecular weight excluding hydrogens is 134 g/mol. The molecule has 54 valence electrons. The summed E-state index contributed by atoms with van der Waals surface area (Å²) in [5.74, 6) is 0. The van der Waals surface area contributed by atoms with Crippen LogP contribution in [0.5, 0.6) is 0 Å². The molecule has 0 aromatic rings. The maximum Gasteiger partial charge on any atom is 0.202 e. The number of rotatable bonds is 4. The predicted octanol–water partition coefficient (Wildman–Crippen LogP) is 0.831. The van der Waals surface area contributed by atoms with E-state index in [2.05, 4.69) is 17.9 Å². The van der Waals surface area contributed by atoms with E-state index in [9.17, 15) is 4.79 Å². The molecule has 0 bridgehead atoms. The molecule has 1 N–H and O–H groups in total. The molecule has 0 rings (SSSR count). The van der Waals surface area contributed by atoms with E-state index in [0.717, 1.165) is 12.8 Å². The summed E-state index contributed by atoms with van der Waals surface area (Å²) in [6.45, 7) is 2.04. The van der Waals surface area contributed by atoms with Crippen LogP contribution < -0.4 is 5.32 Å². The number of hydrogen-bond donors (Lipinski definition) is 2. The van der Waals surface area contributed by atoms with Crippen LogP contribution in [0.3, 0.4) is 0 Å². The second-order valence-corrected chi connectivity index (χ2v) is 2.41. The minimum absolute atomic E-state index is 0.0571. The molecule has 2 nitrogen and oxygen atoms in total. The Morgan fingerprint density at radius 3 is 2.44 bits per heavy atom. The summed E-state index contributed by atoms with van der Waals surface area (Å²) in [5, 5.41) is 2.81. The van der Waals surface area contributed by atoms with E-state index in [4.69, 9.17) is 0 Å². The van der Waals surface area contributed by atoms with Crippen LogP contribution in [0.1, 0.15) is 19.8 Å². The molecule has 0 fully saturated rings. The molecule has 0 aliphatic carbocycles. The molecule has 0 spiro atoms. The molecule has 0 unspecified atom stereocenters. The number of carbonyl (C=O) groups excluding carboxylic acids is 1. The Morgan fingerprint density at radius 1 is 1.78 bits per heavy atom. The summed E-state index contributed by atoms with van der Waals surface area (Å²) in [6, 6.07) is -0.0571. The van der Waals surface area contributed by atoms with Crippen LogP contribution in [0, 0.1) is 0 Å². The second-order valence-electron chi connectivity index (χ2n) is 1.97. The van der Waals surface area contributed by atoms with E-state index in [0.29, 0.717) is 0 Å². The Morgan fingerprint density at radius 2 is 2.33 bits per heavy atom. The molecule has 0 aromatic carbocycles. The van der Waals surface area contributed by atoms with E-state index >= 15 is 0 Å². The van der Waals surface area contributed by atoms with E-state index in [1.165, 1.54) is 0 Å². The average Bonchev–Trinajstić information content (AvgIpc) is 1.82. The van der Waals surface area contributed by atoms with Crippen LogP contribution in [-0.4, -0.2) is 18.2 Å². The fraction of sp³-hybridized carbons (Fsp3) is 0.833. The lowest BCUT2D eigenvalue weighted by molar-refractivity contribution is -0.112. The minimum atomic E-state index is -0.0700. The lowest BCUT2D eigenvalue weighted by atomic mass is 10.2. The predicted molar refractivity (Wildman–Crippen MR) is 41.7 cm³/mol. The Bertz CT molecular complexity index is 95.1. The van der Waals surface area contributed by atoms with Crippen molar-refractivity contribution in [2.24, 2.45) is 0 Å². The zero-order valence-corrected chi connectivity index (χ0v) is 6.74. The third-order valence-corrected chi connectivity index (χ3v) is 1.54. The van der Waals surface area contributed by atoms with E-state index in [-0.39, 0.29) is 11.2 Å². The first-order valence-electron chi connectivity index (χ1n) is 3.12. The zero-order chi connectivity index (χ0) is 7.28. The van der Waals surface area contributed by atoms with Gasteiger partial charge in [0.1, 0.15) is 0 Å². The third-order valence-electron chi connectivity index (χ3n) is 1.22. The maximum atomic E-state index is 10.6. The Hall–Kier alpha value is -0.0200. The summed E-state index contributed by atoms with van der Waals surface area (Å²) in [4.78, 5) is 10.6. The van der Waals surface area contributed by atoms with Crippen molar-refractivity contribution in [2.45, 2.75) is 25.8 Å². The van der Waals surface area contributed by atoms with Gasteiger partial charge in [0.15, 0.2) is 0 Å². The van der Waals surface area contributed by atoms with Crippen LogP contribution in [0.15, 0.2) is 0 Å². The molecule has 0 amide bonds. The standard InChI is InChI=1S/C6H13NOS/c1-3-4-5(7-2)6(8)9/h5,7H,3-4H2,1-2H3,(H,8,9)/t5-/m1/s1. The van der Waals surface area contributed by atoms with E-state index in [1.807, 2.05) is 6.92 Å². The van der Waals surface area contributed by atoms with Crippen molar-refractivity contribution in [1.29, 1.82) is 0 Å². The summed E-state index contributed by atoms with van der Waals surface area (Å²) in [6.07, 6.45) is 1.89. The molecule has 0 heterocycles. The number of hydrogen-bond acceptors (Lipinski definition) is 2. The van der Waals surface area contributed by atoms with Crippen molar-refractivity contribution < 1.29 is 4.79 Å². The van der Waals surface area contributed by atoms with Gasteiger partial charge in [-0.3, -0.25) is 4.79 Å². The third kappa shape index (κ3) is 3.54. The Labute approximate surface area is 61.4 Å². The highest BCUT2D eigenvalue weighted by molar-refractivity contribution is 7.96. The SMILES string of the molecule is CCC[C@@H](NC)C(=O)S. The smallest absolute Gasteiger partial charge is 0.202 e. The van der Waals surface area contributed by atoms with Crippen LogP contribution in [0.2, 0.25) is 0 Å². The summed E-state index contributed by atoms with van der Waals surface area (Å²) >= 11 is 3.71. The number of thiol groups is 1. The van der Waals surface area contributed by atoms with Crippen molar-refractivity contribution >= 4 is 17.7 Å². The molecule has 0 aliphatic rings. The Kier molecular flexibility index (Phi) is 4.81. The summed E-state index contributed by atoms with van der Waals surface area (Å²) in [7, 11) is 1.77. The van der Waals surface area contributed by atoms with Gasteiger partial charge >= 0.3 is 0 Å². The van der Waals surface area contributed by atoms with Gasteiger partial charge in [0, 0.05) is 0 Å². The highest BCUT2D eigenvalue weighted by Crippen LogP contribution is 1.98. The molecule has 0 aliphatic heterocycles. The van der Waals surface area contributed by atoms with Crippen molar-refractivity contribution in [2.75, 3.05) is 7.05 Å². The number of nitrogens with one attached hydrogen (secondary N) is 1. The molecule has 0 saturated carbocycles. The maximum absolute atomic E-state index is 10.6.